The molecular weight excluding hydrogens is 288 g/mol. The third-order valence-corrected chi connectivity index (χ3v) is 2.98. The Morgan fingerprint density at radius 3 is 2.65 bits per heavy atom. The summed E-state index contributed by atoms with van der Waals surface area (Å²) in [5, 5.41) is 8.69. The molecule has 1 aromatic carbocycles. The van der Waals surface area contributed by atoms with Gasteiger partial charge in [0, 0.05) is 10.9 Å². The van der Waals surface area contributed by atoms with Gasteiger partial charge in [-0.25, -0.2) is 0 Å². The van der Waals surface area contributed by atoms with Gasteiger partial charge < -0.3 is 14.6 Å². The van der Waals surface area contributed by atoms with E-state index in [0.29, 0.717) is 12.2 Å². The summed E-state index contributed by atoms with van der Waals surface area (Å²) < 4.78 is 10.3. The summed E-state index contributed by atoms with van der Waals surface area (Å²) in [4.78, 5) is 10.5. The third-order valence-electron chi connectivity index (χ3n) is 2.33. The fraction of sp³-hybridized carbons (Fsp3) is 0.417. The van der Waals surface area contributed by atoms with Gasteiger partial charge in [0.25, 0.3) is 0 Å². The number of halogens is 1. The number of carboxylic acids is 1. The SMILES string of the molecule is COc1ccc(CC(Br)CC(=O)O)c(OC)c1. The van der Waals surface area contributed by atoms with Crippen LogP contribution in [0, 0.1) is 0 Å². The van der Waals surface area contributed by atoms with Crippen LogP contribution in [0.5, 0.6) is 11.5 Å². The largest absolute Gasteiger partial charge is 0.497 e. The van der Waals surface area contributed by atoms with Crippen LogP contribution < -0.4 is 9.47 Å². The zero-order chi connectivity index (χ0) is 12.8. The highest BCUT2D eigenvalue weighted by Crippen LogP contribution is 2.27. The van der Waals surface area contributed by atoms with Gasteiger partial charge in [-0.15, -0.1) is 0 Å². The van der Waals surface area contributed by atoms with Crippen LogP contribution in [-0.2, 0) is 11.2 Å². The molecule has 4 nitrogen and oxygen atoms in total. The molecule has 0 bridgehead atoms. The Balaban J connectivity index is 2.79. The molecule has 1 unspecified atom stereocenters. The van der Waals surface area contributed by atoms with Gasteiger partial charge in [-0.1, -0.05) is 22.0 Å². The Bertz CT molecular complexity index is 392. The van der Waals surface area contributed by atoms with E-state index in [9.17, 15) is 4.79 Å². The molecule has 94 valence electrons. The lowest BCUT2D eigenvalue weighted by Crippen LogP contribution is -2.10. The highest BCUT2D eigenvalue weighted by molar-refractivity contribution is 9.09. The number of hydrogen-bond donors (Lipinski definition) is 1. The molecule has 1 aromatic rings. The number of ether oxygens (including phenoxy) is 2. The number of methoxy groups -OCH3 is 2. The van der Waals surface area contributed by atoms with E-state index in [4.69, 9.17) is 14.6 Å². The summed E-state index contributed by atoms with van der Waals surface area (Å²) in [6.07, 6.45) is 0.675. The lowest BCUT2D eigenvalue weighted by molar-refractivity contribution is -0.136. The highest BCUT2D eigenvalue weighted by Gasteiger charge is 2.13. The zero-order valence-corrected chi connectivity index (χ0v) is 11.4. The summed E-state index contributed by atoms with van der Waals surface area (Å²) in [5.41, 5.74) is 0.955. The molecule has 5 heteroatoms. The molecule has 0 aliphatic carbocycles. The standard InChI is InChI=1S/C12H15BrO4/c1-16-10-4-3-8(11(7-10)17-2)5-9(13)6-12(14)15/h3-4,7,9H,5-6H2,1-2H3,(H,14,15). The first-order valence-corrected chi connectivity index (χ1v) is 6.05. The van der Waals surface area contributed by atoms with E-state index in [1.165, 1.54) is 0 Å². The second-order valence-corrected chi connectivity index (χ2v) is 4.87. The molecule has 0 heterocycles. The minimum Gasteiger partial charge on any atom is -0.497 e. The average Bonchev–Trinajstić information content (AvgIpc) is 2.28. The Kier molecular flexibility index (Phi) is 5.28. The van der Waals surface area contributed by atoms with Crippen LogP contribution in [0.4, 0.5) is 0 Å². The average molecular weight is 303 g/mol. The number of alkyl halides is 1. The van der Waals surface area contributed by atoms with Crippen molar-refractivity contribution in [3.63, 3.8) is 0 Å². The molecular formula is C12H15BrO4. The maximum Gasteiger partial charge on any atom is 0.304 e. The first-order chi connectivity index (χ1) is 8.06. The van der Waals surface area contributed by atoms with E-state index in [1.54, 1.807) is 20.3 Å². The fourth-order valence-electron chi connectivity index (χ4n) is 1.52. The summed E-state index contributed by atoms with van der Waals surface area (Å²) in [6, 6.07) is 5.50. The van der Waals surface area contributed by atoms with Gasteiger partial charge in [0.1, 0.15) is 11.5 Å². The molecule has 0 saturated carbocycles. The molecule has 0 aliphatic rings. The van der Waals surface area contributed by atoms with Crippen LogP contribution in [0.25, 0.3) is 0 Å². The van der Waals surface area contributed by atoms with E-state index >= 15 is 0 Å². The van der Waals surface area contributed by atoms with Crippen LogP contribution in [0.2, 0.25) is 0 Å². The predicted octanol–water partition coefficient (Wildman–Crippen LogP) is 2.48. The number of hydrogen-bond acceptors (Lipinski definition) is 3. The number of aliphatic carboxylic acids is 1. The molecule has 1 rings (SSSR count). The molecule has 0 amide bonds. The topological polar surface area (TPSA) is 55.8 Å². The van der Waals surface area contributed by atoms with Crippen LogP contribution in [0.3, 0.4) is 0 Å². The van der Waals surface area contributed by atoms with E-state index in [2.05, 4.69) is 15.9 Å². The first-order valence-electron chi connectivity index (χ1n) is 5.13. The smallest absolute Gasteiger partial charge is 0.304 e. The van der Waals surface area contributed by atoms with Gasteiger partial charge >= 0.3 is 5.97 Å². The molecule has 1 N–H and O–H groups in total. The van der Waals surface area contributed by atoms with E-state index in [1.807, 2.05) is 12.1 Å². The molecule has 0 aliphatic heterocycles. The lowest BCUT2D eigenvalue weighted by atomic mass is 10.1. The molecule has 0 saturated heterocycles. The lowest BCUT2D eigenvalue weighted by Gasteiger charge is -2.12. The summed E-state index contributed by atoms with van der Waals surface area (Å²) in [6.45, 7) is 0. The fourth-order valence-corrected chi connectivity index (χ4v) is 2.15. The van der Waals surface area contributed by atoms with Crippen molar-refractivity contribution >= 4 is 21.9 Å². The van der Waals surface area contributed by atoms with Crippen molar-refractivity contribution in [2.75, 3.05) is 14.2 Å². The van der Waals surface area contributed by atoms with E-state index < -0.39 is 5.97 Å². The van der Waals surface area contributed by atoms with Crippen molar-refractivity contribution in [3.8, 4) is 11.5 Å². The second kappa shape index (κ2) is 6.49. The number of benzene rings is 1. The third kappa shape index (κ3) is 4.26. The van der Waals surface area contributed by atoms with Crippen molar-refractivity contribution < 1.29 is 19.4 Å². The van der Waals surface area contributed by atoms with Crippen molar-refractivity contribution in [2.45, 2.75) is 17.7 Å². The van der Waals surface area contributed by atoms with Gasteiger partial charge in [-0.05, 0) is 18.1 Å². The van der Waals surface area contributed by atoms with Gasteiger partial charge in [0.05, 0.1) is 20.6 Å². The molecule has 1 atom stereocenters. The van der Waals surface area contributed by atoms with Gasteiger partial charge in [0.2, 0.25) is 0 Å². The normalized spacial score (nSPS) is 11.9. The quantitative estimate of drug-likeness (QED) is 0.820. The Morgan fingerprint density at radius 2 is 2.12 bits per heavy atom. The van der Waals surface area contributed by atoms with Gasteiger partial charge in [-0.2, -0.15) is 0 Å². The molecule has 0 fully saturated rings. The highest BCUT2D eigenvalue weighted by atomic mass is 79.9. The van der Waals surface area contributed by atoms with E-state index in [-0.39, 0.29) is 11.2 Å². The van der Waals surface area contributed by atoms with Crippen molar-refractivity contribution in [2.24, 2.45) is 0 Å². The number of rotatable bonds is 6. The predicted molar refractivity (Wildman–Crippen MR) is 68.2 cm³/mol. The maximum atomic E-state index is 10.6. The zero-order valence-electron chi connectivity index (χ0n) is 9.77. The number of carboxylic acid groups (broad SMARTS) is 1. The molecule has 0 radical (unpaired) electrons. The van der Waals surface area contributed by atoms with Crippen LogP contribution >= 0.6 is 15.9 Å². The summed E-state index contributed by atoms with van der Waals surface area (Å²) in [7, 11) is 3.17. The van der Waals surface area contributed by atoms with E-state index in [0.717, 1.165) is 11.3 Å². The maximum absolute atomic E-state index is 10.6. The summed E-state index contributed by atoms with van der Waals surface area (Å²) in [5.74, 6) is 0.605. The number of carbonyl (C=O) groups is 1. The molecule has 0 spiro atoms. The summed E-state index contributed by atoms with van der Waals surface area (Å²) >= 11 is 3.35. The van der Waals surface area contributed by atoms with Gasteiger partial charge in [-0.3, -0.25) is 4.79 Å². The van der Waals surface area contributed by atoms with Crippen LogP contribution in [-0.4, -0.2) is 30.1 Å². The minimum absolute atomic E-state index is 0.0786. The molecule has 0 aromatic heterocycles. The Morgan fingerprint density at radius 1 is 1.41 bits per heavy atom. The Hall–Kier alpha value is -1.23. The second-order valence-electron chi connectivity index (χ2n) is 3.58. The van der Waals surface area contributed by atoms with Crippen LogP contribution in [0.1, 0.15) is 12.0 Å². The van der Waals surface area contributed by atoms with Crippen molar-refractivity contribution in [1.82, 2.24) is 0 Å². The minimum atomic E-state index is -0.820. The first kappa shape index (κ1) is 13.8. The van der Waals surface area contributed by atoms with Crippen molar-refractivity contribution in [3.05, 3.63) is 23.8 Å². The molecule has 17 heavy (non-hydrogen) atoms. The van der Waals surface area contributed by atoms with Crippen LogP contribution in [0.15, 0.2) is 18.2 Å². The monoisotopic (exact) mass is 302 g/mol. The Labute approximate surface area is 109 Å². The van der Waals surface area contributed by atoms with Crippen molar-refractivity contribution in [1.29, 1.82) is 0 Å². The van der Waals surface area contributed by atoms with Gasteiger partial charge in [0.15, 0.2) is 0 Å².